The molecule has 0 aromatic rings. The first kappa shape index (κ1) is 7.12. The summed E-state index contributed by atoms with van der Waals surface area (Å²) in [4.78, 5) is 9.67. The molecule has 0 amide bonds. The van der Waals surface area contributed by atoms with Gasteiger partial charge in [-0.1, -0.05) is 0 Å². The van der Waals surface area contributed by atoms with Gasteiger partial charge in [-0.2, -0.15) is 21.9 Å². The van der Waals surface area contributed by atoms with Crippen molar-refractivity contribution < 1.29 is 9.88 Å². The molecule has 0 aliphatic carbocycles. The number of rotatable bonds is 0. The molecule has 8 nitrogen and oxygen atoms in total. The molecule has 0 bridgehead atoms. The van der Waals surface area contributed by atoms with Crippen LogP contribution in [0, 0.1) is 0 Å². The minimum Gasteiger partial charge on any atom is -0.278 e. The summed E-state index contributed by atoms with van der Waals surface area (Å²) >= 11 is 0. The van der Waals surface area contributed by atoms with Crippen LogP contribution in [0.25, 0.3) is 0 Å². The van der Waals surface area contributed by atoms with Crippen LogP contribution in [0.2, 0.25) is 0 Å². The Labute approximate surface area is 68.2 Å². The van der Waals surface area contributed by atoms with Gasteiger partial charge in [0.2, 0.25) is 0 Å². The van der Waals surface area contributed by atoms with Gasteiger partial charge in [-0.05, 0) is 0 Å². The van der Waals surface area contributed by atoms with Gasteiger partial charge in [0.25, 0.3) is 0 Å². The first-order valence-electron chi connectivity index (χ1n) is 3.79. The van der Waals surface area contributed by atoms with Crippen LogP contribution in [0.1, 0.15) is 0 Å². The van der Waals surface area contributed by atoms with Gasteiger partial charge in [-0.25, -0.2) is 9.88 Å². The van der Waals surface area contributed by atoms with E-state index in [1.807, 2.05) is 0 Å². The van der Waals surface area contributed by atoms with Crippen molar-refractivity contribution in [3.63, 3.8) is 0 Å². The maximum Gasteiger partial charge on any atom is 0.116 e. The van der Waals surface area contributed by atoms with E-state index in [9.17, 15) is 0 Å². The maximum absolute atomic E-state index is 4.84. The molecule has 0 radical (unpaired) electrons. The topological polar surface area (TPSA) is 90.6 Å². The van der Waals surface area contributed by atoms with Gasteiger partial charge >= 0.3 is 0 Å². The molecule has 68 valence electrons. The van der Waals surface area contributed by atoms with Crippen molar-refractivity contribution in [2.45, 2.75) is 24.7 Å². The molecule has 8 heteroatoms. The van der Waals surface area contributed by atoms with E-state index < -0.39 is 0 Å². The van der Waals surface area contributed by atoms with Gasteiger partial charge in [0.15, 0.2) is 0 Å². The van der Waals surface area contributed by atoms with Gasteiger partial charge < -0.3 is 0 Å². The highest BCUT2D eigenvalue weighted by molar-refractivity contribution is 4.92. The summed E-state index contributed by atoms with van der Waals surface area (Å²) in [7, 11) is 0. The lowest BCUT2D eigenvalue weighted by atomic mass is 10.2. The summed E-state index contributed by atoms with van der Waals surface area (Å²) in [6.45, 7) is 0. The van der Waals surface area contributed by atoms with Crippen molar-refractivity contribution in [2.75, 3.05) is 0 Å². The third kappa shape index (κ3) is 0.952. The zero-order chi connectivity index (χ0) is 7.97. The van der Waals surface area contributed by atoms with Crippen LogP contribution >= 0.6 is 0 Å². The minimum absolute atomic E-state index is 0.0437. The smallest absolute Gasteiger partial charge is 0.116 e. The Morgan fingerprint density at radius 2 is 0.917 bits per heavy atom. The third-order valence-electron chi connectivity index (χ3n) is 2.13. The Hall–Kier alpha value is -0.320. The Bertz CT molecular complexity index is 154. The van der Waals surface area contributed by atoms with Crippen LogP contribution in [0.15, 0.2) is 0 Å². The fourth-order valence-electron chi connectivity index (χ4n) is 1.50. The molecule has 0 aromatic heterocycles. The zero-order valence-electron chi connectivity index (χ0n) is 6.13. The molecule has 0 saturated carbocycles. The predicted molar refractivity (Wildman–Crippen MR) is 36.1 cm³/mol. The van der Waals surface area contributed by atoms with Crippen molar-refractivity contribution in [3.8, 4) is 0 Å². The lowest BCUT2D eigenvalue weighted by Crippen LogP contribution is -2.71. The fourth-order valence-corrected chi connectivity index (χ4v) is 1.50. The quantitative estimate of drug-likeness (QED) is 0.226. The molecule has 4 atom stereocenters. The van der Waals surface area contributed by atoms with E-state index in [4.69, 9.17) is 9.88 Å². The van der Waals surface area contributed by atoms with Gasteiger partial charge in [0, 0.05) is 0 Å². The summed E-state index contributed by atoms with van der Waals surface area (Å²) in [6.07, 6.45) is 0.175. The fraction of sp³-hybridized carbons (Fsp3) is 1.00. The van der Waals surface area contributed by atoms with Gasteiger partial charge in [-0.15, -0.1) is 0 Å². The van der Waals surface area contributed by atoms with Crippen LogP contribution in [0.4, 0.5) is 0 Å². The van der Waals surface area contributed by atoms with Gasteiger partial charge in [0.05, 0.1) is 0 Å². The number of hydrogen-bond donors (Lipinski definition) is 6. The second-order valence-corrected chi connectivity index (χ2v) is 2.92. The normalized spacial score (nSPS) is 52.0. The van der Waals surface area contributed by atoms with Crippen molar-refractivity contribution >= 4 is 0 Å². The Morgan fingerprint density at radius 1 is 0.583 bits per heavy atom. The highest BCUT2D eigenvalue weighted by Crippen LogP contribution is 2.07. The average molecular weight is 174 g/mol. The molecular formula is C4H10N6O2. The molecule has 3 saturated heterocycles. The molecule has 3 heterocycles. The number of piperazine rings is 1. The Kier molecular flexibility index (Phi) is 1.53. The molecular weight excluding hydrogens is 164 g/mol. The van der Waals surface area contributed by atoms with E-state index >= 15 is 0 Å². The minimum atomic E-state index is 0.0437. The molecule has 12 heavy (non-hydrogen) atoms. The summed E-state index contributed by atoms with van der Waals surface area (Å²) in [5, 5.41) is 6.44. The average Bonchev–Trinajstić information content (AvgIpc) is 2.64. The van der Waals surface area contributed by atoms with Gasteiger partial charge in [0.1, 0.15) is 24.7 Å². The zero-order valence-corrected chi connectivity index (χ0v) is 6.13. The molecule has 3 fully saturated rings. The number of hydrogen-bond acceptors (Lipinski definition) is 8. The molecule has 3 rings (SSSR count). The SMILES string of the molecule is N1ONC2NC3NONC3NC12. The first-order chi connectivity index (χ1) is 5.93. The molecule has 0 spiro atoms. The van der Waals surface area contributed by atoms with E-state index in [1.54, 1.807) is 0 Å². The summed E-state index contributed by atoms with van der Waals surface area (Å²) in [6, 6.07) is 0. The van der Waals surface area contributed by atoms with E-state index in [-0.39, 0.29) is 24.7 Å². The van der Waals surface area contributed by atoms with Crippen molar-refractivity contribution in [1.82, 2.24) is 32.6 Å². The highest BCUT2D eigenvalue weighted by atomic mass is 16.8. The van der Waals surface area contributed by atoms with E-state index in [1.165, 1.54) is 0 Å². The summed E-state index contributed by atoms with van der Waals surface area (Å²) in [5.41, 5.74) is 11.1. The summed E-state index contributed by atoms with van der Waals surface area (Å²) in [5.74, 6) is 0. The highest BCUT2D eigenvalue weighted by Gasteiger charge is 2.42. The largest absolute Gasteiger partial charge is 0.278 e. The first-order valence-corrected chi connectivity index (χ1v) is 3.79. The molecule has 0 aromatic carbocycles. The third-order valence-corrected chi connectivity index (χ3v) is 2.13. The Morgan fingerprint density at radius 3 is 1.25 bits per heavy atom. The Balaban J connectivity index is 1.75. The van der Waals surface area contributed by atoms with E-state index in [2.05, 4.69) is 32.6 Å². The second-order valence-electron chi connectivity index (χ2n) is 2.92. The van der Waals surface area contributed by atoms with Gasteiger partial charge in [-0.3, -0.25) is 10.6 Å². The van der Waals surface area contributed by atoms with Crippen molar-refractivity contribution in [1.29, 1.82) is 0 Å². The summed E-state index contributed by atoms with van der Waals surface area (Å²) < 4.78 is 0. The predicted octanol–water partition coefficient (Wildman–Crippen LogP) is -3.44. The van der Waals surface area contributed by atoms with Crippen LogP contribution in [-0.2, 0) is 9.88 Å². The molecule has 4 unspecified atom stereocenters. The van der Waals surface area contributed by atoms with Crippen LogP contribution in [0.5, 0.6) is 0 Å². The van der Waals surface area contributed by atoms with Crippen LogP contribution in [-0.4, -0.2) is 24.7 Å². The molecule has 6 N–H and O–H groups in total. The number of hydroxylamine groups is 4. The molecule has 3 aliphatic heterocycles. The van der Waals surface area contributed by atoms with Crippen molar-refractivity contribution in [2.24, 2.45) is 0 Å². The lowest BCUT2D eigenvalue weighted by molar-refractivity contribution is -0.00853. The van der Waals surface area contributed by atoms with E-state index in [0.29, 0.717) is 0 Å². The number of nitrogens with one attached hydrogen (secondary N) is 6. The monoisotopic (exact) mass is 174 g/mol. The second kappa shape index (κ2) is 2.58. The molecule has 3 aliphatic rings. The number of fused-ring (bicyclic) bond motifs is 2. The maximum atomic E-state index is 4.84. The van der Waals surface area contributed by atoms with Crippen LogP contribution in [0.3, 0.4) is 0 Å². The lowest BCUT2D eigenvalue weighted by Gasteiger charge is -2.32. The van der Waals surface area contributed by atoms with E-state index in [0.717, 1.165) is 0 Å². The van der Waals surface area contributed by atoms with Crippen LogP contribution < -0.4 is 32.6 Å². The standard InChI is InChI=1S/C4H10N6O2/c5-1-2(8-11-7-1)6-4-3(5)9-12-10-4/h1-10H. The van der Waals surface area contributed by atoms with Crippen molar-refractivity contribution in [3.05, 3.63) is 0 Å².